The SMILES string of the molecule is C.C=C=C=C.CC1(CN)NC(=O)NC1=O.COc1ccc([N+](=O)[O-])c(C(=O)NCC2(C)NC(=O)NC2=O)c1.COc1ccc([N+](=O)[O-])c(C(=O)O)c1.COc1ccc2[nH]n(CC3(C)NC(=O)NC3=O)c(=O)c2c1.FF.FF.[2H][2H].[2H][2H]. The van der Waals surface area contributed by atoms with Gasteiger partial charge in [0.05, 0.1) is 48.6 Å². The minimum Gasteiger partial charge on any atom is -0.497 e. The number of ether oxygens (including phenoxy) is 3. The van der Waals surface area contributed by atoms with Gasteiger partial charge in [-0.2, -0.15) is 0 Å². The first kappa shape index (κ1) is 63.0. The van der Waals surface area contributed by atoms with E-state index in [0.717, 1.165) is 18.2 Å². The number of rotatable bonds is 12. The number of halogens is 4. The number of urea groups is 3. The number of methoxy groups -OCH3 is 3. The number of nitrogens with zero attached hydrogens (tertiary/aromatic N) is 3. The molecule has 3 aromatic carbocycles. The molecule has 4 aromatic rings. The van der Waals surface area contributed by atoms with Gasteiger partial charge in [-0.3, -0.25) is 65.3 Å². The third kappa shape index (κ3) is 17.8. The van der Waals surface area contributed by atoms with E-state index in [0.29, 0.717) is 16.7 Å². The number of nitrogens with two attached hydrogens (primary N) is 1. The molecule has 3 atom stereocenters. The number of carboxylic acid groups (broad SMARTS) is 1. The van der Waals surface area contributed by atoms with Gasteiger partial charge in [-0.25, -0.2) is 23.9 Å². The predicted octanol–water partition coefficient (Wildman–Crippen LogP) is 3.63. The van der Waals surface area contributed by atoms with Crippen LogP contribution in [0.1, 0.15) is 54.9 Å². The molecular formula is C44H56F4N12O17. The number of fused-ring (bicyclic) bond motifs is 1. The molecule has 0 spiro atoms. The topological polar surface area (TPSA) is 419 Å². The zero-order chi connectivity index (χ0) is 62.3. The van der Waals surface area contributed by atoms with Crippen molar-refractivity contribution in [3.63, 3.8) is 0 Å². The van der Waals surface area contributed by atoms with Crippen LogP contribution in [0.15, 0.2) is 84.0 Å². The van der Waals surface area contributed by atoms with Crippen LogP contribution in [0.5, 0.6) is 17.2 Å². The van der Waals surface area contributed by atoms with E-state index in [-0.39, 0.29) is 61.2 Å². The van der Waals surface area contributed by atoms with Crippen molar-refractivity contribution in [2.24, 2.45) is 5.73 Å². The van der Waals surface area contributed by atoms with Gasteiger partial charge in [0.25, 0.3) is 40.6 Å². The number of nitrogens with one attached hydrogen (secondary N) is 8. The number of amides is 10. The zero-order valence-electron chi connectivity index (χ0n) is 44.6. The van der Waals surface area contributed by atoms with Crippen molar-refractivity contribution in [3.05, 3.63) is 121 Å². The normalized spacial score (nSPS) is 18.1. The molecule has 3 unspecified atom stereocenters. The van der Waals surface area contributed by atoms with Gasteiger partial charge in [-0.05, 0) is 70.3 Å². The summed E-state index contributed by atoms with van der Waals surface area (Å²) in [5, 5.41) is 49.5. The maximum Gasteiger partial charge on any atom is 0.342 e. The number of aromatic amines is 1. The van der Waals surface area contributed by atoms with Crippen LogP contribution < -0.4 is 62.7 Å². The van der Waals surface area contributed by atoms with E-state index >= 15 is 0 Å². The van der Waals surface area contributed by atoms with Gasteiger partial charge >= 0.3 is 24.1 Å². The van der Waals surface area contributed by atoms with Crippen LogP contribution in [0, 0.1) is 20.2 Å². The van der Waals surface area contributed by atoms with E-state index in [4.69, 9.17) is 49.3 Å². The van der Waals surface area contributed by atoms with Gasteiger partial charge in [0.1, 0.15) is 45.0 Å². The molecule has 3 fully saturated rings. The predicted molar refractivity (Wildman–Crippen MR) is 266 cm³/mol. The highest BCUT2D eigenvalue weighted by molar-refractivity contribution is 6.08. The first-order chi connectivity index (χ1) is 37.7. The van der Waals surface area contributed by atoms with Crippen LogP contribution in [0.3, 0.4) is 0 Å². The van der Waals surface area contributed by atoms with Gasteiger partial charge < -0.3 is 46.3 Å². The second-order valence-corrected chi connectivity index (χ2v) is 15.5. The summed E-state index contributed by atoms with van der Waals surface area (Å²) in [6.07, 6.45) is 0. The number of hydrogen-bond acceptors (Lipinski definition) is 17. The van der Waals surface area contributed by atoms with E-state index in [1.807, 2.05) is 0 Å². The quantitative estimate of drug-likeness (QED) is 0.0318. The Labute approximate surface area is 438 Å². The Morgan fingerprint density at radius 3 is 1.47 bits per heavy atom. The average Bonchev–Trinajstić information content (AvgIpc) is 4.10. The fourth-order valence-corrected chi connectivity index (χ4v) is 6.12. The Morgan fingerprint density at radius 1 is 0.714 bits per heavy atom. The molecule has 3 aliphatic rings. The molecule has 1 aromatic heterocycles. The number of benzene rings is 3. The fourth-order valence-electron chi connectivity index (χ4n) is 6.12. The number of aromatic carboxylic acids is 1. The third-order valence-electron chi connectivity index (χ3n) is 10.2. The van der Waals surface area contributed by atoms with Gasteiger partial charge in [0, 0.05) is 55.5 Å². The summed E-state index contributed by atoms with van der Waals surface area (Å²) in [5.74, 6) is -2.41. The van der Waals surface area contributed by atoms with Crippen LogP contribution in [0.4, 0.5) is 44.1 Å². The summed E-state index contributed by atoms with van der Waals surface area (Å²) in [4.78, 5) is 122. The molecule has 77 heavy (non-hydrogen) atoms. The number of carbonyl (C=O) groups is 8. The molecule has 3 aliphatic heterocycles. The summed E-state index contributed by atoms with van der Waals surface area (Å²) >= 11 is 0. The van der Waals surface area contributed by atoms with Crippen LogP contribution in [0.25, 0.3) is 10.9 Å². The van der Waals surface area contributed by atoms with Gasteiger partial charge in [0.2, 0.25) is 0 Å². The van der Waals surface area contributed by atoms with Crippen molar-refractivity contribution < 1.29 is 91.8 Å². The maximum absolute atomic E-state index is 12.3. The number of nitro benzene ring substituents is 2. The van der Waals surface area contributed by atoms with E-state index < -0.39 is 79.6 Å². The molecule has 0 aliphatic carbocycles. The van der Waals surface area contributed by atoms with Crippen LogP contribution in [-0.2, 0) is 20.9 Å². The Morgan fingerprint density at radius 2 is 1.10 bits per heavy atom. The number of aromatic nitrogens is 2. The van der Waals surface area contributed by atoms with Crippen molar-refractivity contribution in [1.82, 2.24) is 47.0 Å². The second-order valence-electron chi connectivity index (χ2n) is 15.5. The van der Waals surface area contributed by atoms with E-state index in [2.05, 4.69) is 66.9 Å². The Hall–Kier alpha value is -10.1. The number of H-pyrrole nitrogens is 1. The lowest BCUT2D eigenvalue weighted by Crippen LogP contribution is -2.52. The number of imide groups is 3. The zero-order valence-corrected chi connectivity index (χ0v) is 40.6. The largest absolute Gasteiger partial charge is 0.497 e. The van der Waals surface area contributed by atoms with Crippen molar-refractivity contribution in [2.75, 3.05) is 34.4 Å². The molecule has 10 amide bonds. The molecule has 7 rings (SSSR count). The van der Waals surface area contributed by atoms with Crippen molar-refractivity contribution in [3.8, 4) is 17.2 Å². The highest BCUT2D eigenvalue weighted by atomic mass is 20.0. The van der Waals surface area contributed by atoms with Crippen LogP contribution in [-0.4, -0.2) is 123 Å². The first-order valence-corrected chi connectivity index (χ1v) is 20.6. The Kier molecular flexibility index (Phi) is 24.7. The molecule has 0 saturated carbocycles. The van der Waals surface area contributed by atoms with Crippen molar-refractivity contribution in [2.45, 2.75) is 51.4 Å². The van der Waals surface area contributed by atoms with E-state index in [1.165, 1.54) is 51.1 Å². The van der Waals surface area contributed by atoms with Crippen molar-refractivity contribution in [1.29, 1.82) is 0 Å². The molecule has 3 saturated heterocycles. The lowest BCUT2D eigenvalue weighted by Gasteiger charge is -2.20. The van der Waals surface area contributed by atoms with Gasteiger partial charge in [0.15, 0.2) is 0 Å². The lowest BCUT2D eigenvalue weighted by molar-refractivity contribution is -0.385. The molecular weight excluding hydrogens is 1040 g/mol. The van der Waals surface area contributed by atoms with Crippen molar-refractivity contribution >= 4 is 70.0 Å². The molecule has 0 radical (unpaired) electrons. The molecule has 33 heteroatoms. The molecule has 4 heterocycles. The van der Waals surface area contributed by atoms with Gasteiger partial charge in [-0.15, -0.1) is 0 Å². The number of carboxylic acids is 1. The molecule has 29 nitrogen and oxygen atoms in total. The fraction of sp³-hybridized carbons (Fsp3) is 0.295. The summed E-state index contributed by atoms with van der Waals surface area (Å²) in [6, 6.07) is 10.7. The number of hydrogen-bond donors (Lipinski definition) is 10. The smallest absolute Gasteiger partial charge is 0.342 e. The molecule has 0 bridgehead atoms. The molecule has 11 N–H and O–H groups in total. The minimum atomic E-state index is -1.35. The Balaban J connectivity index is -0.000000964. The Bertz CT molecular complexity index is 3010. The summed E-state index contributed by atoms with van der Waals surface area (Å²) in [7, 11) is 4.24. The van der Waals surface area contributed by atoms with Crippen LogP contribution >= 0.6 is 0 Å². The minimum absolute atomic E-state index is 0. The molecule has 422 valence electrons. The maximum atomic E-state index is 12.3. The van der Waals surface area contributed by atoms with E-state index in [9.17, 15) is 63.4 Å². The summed E-state index contributed by atoms with van der Waals surface area (Å²) in [6.45, 7) is 10.8. The van der Waals surface area contributed by atoms with Crippen LogP contribution in [0.2, 0.25) is 0 Å². The number of nitro groups is 2. The highest BCUT2D eigenvalue weighted by Gasteiger charge is 2.44. The standard InChI is InChI=1S/C13H14N4O6.C13H14N4O4.C8H7NO5.C5H9N3O2.C4H4.CH4.2F2.2H2/c1-13(11(19)15-12(20)16-13)6-14-10(18)8-5-7(23-2)3-4-9(8)17(21)22;1-13(11(19)14-12(20)15-13)6-17-10(18)8-5-7(21-2)3-4-9(8)16-17;1-14-5-2-3-7(9(12)13)6(4-5)8(10)11;1-5(2-6)3(9)7-4(10)8-5;1-3-4-2;;2*1-2;;/h3-5H,6H2,1-2H3,(H,14,18)(H2,15,16,19,20);3-5,16H,6H2,1-2H3,(H2,14,15,19,20);2-4H,1H3,(H,10,11);2,6H2,1H3,(H2,7,8,9,10);1-2H2;1H4;;;2*1H/i;;;;;;;;2*1+1D. The summed E-state index contributed by atoms with van der Waals surface area (Å²) < 4.78 is 68.1. The first-order valence-electron chi connectivity index (χ1n) is 22.6. The van der Waals surface area contributed by atoms with E-state index in [1.54, 1.807) is 32.0 Å². The monoisotopic (exact) mass is 1100 g/mol. The average molecular weight is 1110 g/mol. The summed E-state index contributed by atoms with van der Waals surface area (Å²) in [5.41, 5.74) is 5.43. The van der Waals surface area contributed by atoms with Gasteiger partial charge in [-0.1, -0.05) is 18.9 Å². The third-order valence-corrected chi connectivity index (χ3v) is 10.2. The second kappa shape index (κ2) is 30.2. The lowest BCUT2D eigenvalue weighted by atomic mass is 10.0. The highest BCUT2D eigenvalue weighted by Crippen LogP contribution is 2.25. The number of carbonyl (C=O) groups excluding carboxylic acids is 7.